The van der Waals surface area contributed by atoms with Crippen LogP contribution in [0.5, 0.6) is 0 Å². The van der Waals surface area contributed by atoms with Gasteiger partial charge in [0.2, 0.25) is 0 Å². The molecule has 1 aromatic carbocycles. The molecule has 13 heavy (non-hydrogen) atoms. The number of allylic oxidation sites excluding steroid dienone is 2. The van der Waals surface area contributed by atoms with Crippen molar-refractivity contribution >= 4 is 0 Å². The van der Waals surface area contributed by atoms with Crippen LogP contribution < -0.4 is 0 Å². The summed E-state index contributed by atoms with van der Waals surface area (Å²) >= 11 is 0. The highest BCUT2D eigenvalue weighted by Gasteiger charge is 1.92. The van der Waals surface area contributed by atoms with Crippen molar-refractivity contribution in [3.63, 3.8) is 0 Å². The van der Waals surface area contributed by atoms with Gasteiger partial charge >= 0.3 is 0 Å². The highest BCUT2D eigenvalue weighted by Crippen LogP contribution is 2.08. The van der Waals surface area contributed by atoms with E-state index < -0.39 is 0 Å². The molecule has 70 valence electrons. The van der Waals surface area contributed by atoms with E-state index in [0.717, 1.165) is 6.42 Å². The lowest BCUT2D eigenvalue weighted by atomic mass is 10.1. The maximum Gasteiger partial charge on any atom is -0.0242 e. The maximum atomic E-state index is 2.31. The summed E-state index contributed by atoms with van der Waals surface area (Å²) in [5.41, 5.74) is 2.94. The van der Waals surface area contributed by atoms with Crippen LogP contribution in [0.2, 0.25) is 0 Å². The third kappa shape index (κ3) is 3.93. The fraction of sp³-hybridized carbons (Fsp3) is 0.385. The minimum absolute atomic E-state index is 1.15. The van der Waals surface area contributed by atoms with Gasteiger partial charge in [-0.3, -0.25) is 0 Å². The minimum Gasteiger partial charge on any atom is -0.0859 e. The summed E-state index contributed by atoms with van der Waals surface area (Å²) in [6, 6.07) is 10.7. The highest BCUT2D eigenvalue weighted by molar-refractivity contribution is 5.16. The summed E-state index contributed by atoms with van der Waals surface area (Å²) in [6.07, 6.45) is 5.82. The lowest BCUT2D eigenvalue weighted by Gasteiger charge is -2.01. The van der Waals surface area contributed by atoms with E-state index in [0.29, 0.717) is 0 Å². The van der Waals surface area contributed by atoms with Gasteiger partial charge in [-0.05, 0) is 31.7 Å². The van der Waals surface area contributed by atoms with Gasteiger partial charge in [0.05, 0.1) is 0 Å². The molecule has 0 N–H and O–H groups in total. The van der Waals surface area contributed by atoms with Crippen molar-refractivity contribution < 1.29 is 0 Å². The molecule has 0 aliphatic carbocycles. The zero-order valence-electron chi connectivity index (χ0n) is 8.59. The van der Waals surface area contributed by atoms with Gasteiger partial charge in [0, 0.05) is 0 Å². The Balaban J connectivity index is 2.39. The summed E-state index contributed by atoms with van der Waals surface area (Å²) in [4.78, 5) is 0. The van der Waals surface area contributed by atoms with Crippen LogP contribution in [0.25, 0.3) is 0 Å². The second-order valence-corrected chi connectivity index (χ2v) is 3.44. The first-order valence-electron chi connectivity index (χ1n) is 5.02. The summed E-state index contributed by atoms with van der Waals surface area (Å²) < 4.78 is 0. The van der Waals surface area contributed by atoms with Gasteiger partial charge in [0.15, 0.2) is 0 Å². The number of aryl methyl sites for hydroxylation is 1. The topological polar surface area (TPSA) is 0 Å². The van der Waals surface area contributed by atoms with Crippen molar-refractivity contribution in [3.8, 4) is 0 Å². The largest absolute Gasteiger partial charge is 0.0859 e. The predicted molar refractivity (Wildman–Crippen MR) is 58.8 cm³/mol. The maximum absolute atomic E-state index is 2.31. The molecule has 0 bridgehead atoms. The molecule has 0 aliphatic heterocycles. The molecule has 0 saturated carbocycles. The molecule has 0 fully saturated rings. The molecule has 0 nitrogen and oxygen atoms in total. The molecule has 0 heterocycles. The van der Waals surface area contributed by atoms with Crippen LogP contribution in [0.1, 0.15) is 32.3 Å². The molecule has 0 aromatic heterocycles. The average Bonchev–Trinajstić information content (AvgIpc) is 2.17. The number of benzene rings is 1. The van der Waals surface area contributed by atoms with E-state index in [-0.39, 0.29) is 0 Å². The van der Waals surface area contributed by atoms with Crippen LogP contribution in [0.3, 0.4) is 0 Å². The zero-order valence-corrected chi connectivity index (χ0v) is 8.59. The fourth-order valence-electron chi connectivity index (χ4n) is 1.44. The molecule has 0 heteroatoms. The van der Waals surface area contributed by atoms with Gasteiger partial charge < -0.3 is 0 Å². The Hall–Kier alpha value is -1.04. The Morgan fingerprint density at radius 1 is 1.23 bits per heavy atom. The van der Waals surface area contributed by atoms with E-state index in [1.54, 1.807) is 0 Å². The summed E-state index contributed by atoms with van der Waals surface area (Å²) in [5, 5.41) is 0. The van der Waals surface area contributed by atoms with Crippen LogP contribution in [-0.4, -0.2) is 0 Å². The van der Waals surface area contributed by atoms with E-state index in [9.17, 15) is 0 Å². The first-order valence-corrected chi connectivity index (χ1v) is 5.02. The van der Waals surface area contributed by atoms with Gasteiger partial charge in [-0.2, -0.15) is 0 Å². The van der Waals surface area contributed by atoms with Crippen LogP contribution in [-0.2, 0) is 6.42 Å². The average molecular weight is 174 g/mol. The SMILES string of the molecule is CC/C=C(\C)CCc1ccccc1. The Kier molecular flexibility index (Phi) is 4.31. The minimum atomic E-state index is 1.15. The Bertz CT molecular complexity index is 257. The molecule has 1 rings (SSSR count). The summed E-state index contributed by atoms with van der Waals surface area (Å²) in [5.74, 6) is 0. The third-order valence-electron chi connectivity index (χ3n) is 2.20. The number of hydrogen-bond donors (Lipinski definition) is 0. The number of hydrogen-bond acceptors (Lipinski definition) is 0. The lowest BCUT2D eigenvalue weighted by molar-refractivity contribution is 0.929. The lowest BCUT2D eigenvalue weighted by Crippen LogP contribution is -1.85. The number of rotatable bonds is 4. The highest BCUT2D eigenvalue weighted by atomic mass is 14.0. The molecular formula is C13H18. The van der Waals surface area contributed by atoms with Gasteiger partial charge in [0.1, 0.15) is 0 Å². The summed E-state index contributed by atoms with van der Waals surface area (Å²) in [6.45, 7) is 4.40. The first kappa shape index (κ1) is 10.0. The van der Waals surface area contributed by atoms with Crippen LogP contribution in [0, 0.1) is 0 Å². The van der Waals surface area contributed by atoms with E-state index in [4.69, 9.17) is 0 Å². The van der Waals surface area contributed by atoms with E-state index in [1.807, 2.05) is 0 Å². The molecule has 0 atom stereocenters. The normalized spacial score (nSPS) is 11.7. The van der Waals surface area contributed by atoms with E-state index in [2.05, 4.69) is 50.3 Å². The van der Waals surface area contributed by atoms with Crippen molar-refractivity contribution in [2.75, 3.05) is 0 Å². The Morgan fingerprint density at radius 2 is 1.92 bits per heavy atom. The van der Waals surface area contributed by atoms with Crippen LogP contribution in [0.15, 0.2) is 42.0 Å². The molecular weight excluding hydrogens is 156 g/mol. The molecule has 0 amide bonds. The first-order chi connectivity index (χ1) is 6.33. The fourth-order valence-corrected chi connectivity index (χ4v) is 1.44. The van der Waals surface area contributed by atoms with Gasteiger partial charge in [0.25, 0.3) is 0 Å². The predicted octanol–water partition coefficient (Wildman–Crippen LogP) is 3.98. The van der Waals surface area contributed by atoms with Crippen molar-refractivity contribution in [1.82, 2.24) is 0 Å². The Morgan fingerprint density at radius 3 is 2.54 bits per heavy atom. The Labute approximate surface area is 81.3 Å². The van der Waals surface area contributed by atoms with Crippen molar-refractivity contribution in [2.24, 2.45) is 0 Å². The van der Waals surface area contributed by atoms with Crippen molar-refractivity contribution in [1.29, 1.82) is 0 Å². The molecule has 1 aromatic rings. The van der Waals surface area contributed by atoms with Crippen LogP contribution in [0.4, 0.5) is 0 Å². The molecule has 0 aliphatic rings. The molecule has 0 radical (unpaired) electrons. The summed E-state index contributed by atoms with van der Waals surface area (Å²) in [7, 11) is 0. The molecule has 0 saturated heterocycles. The second-order valence-electron chi connectivity index (χ2n) is 3.44. The zero-order chi connectivity index (χ0) is 9.52. The monoisotopic (exact) mass is 174 g/mol. The van der Waals surface area contributed by atoms with E-state index in [1.165, 1.54) is 24.0 Å². The van der Waals surface area contributed by atoms with Gasteiger partial charge in [-0.15, -0.1) is 0 Å². The van der Waals surface area contributed by atoms with Gasteiger partial charge in [-0.25, -0.2) is 0 Å². The quantitative estimate of drug-likeness (QED) is 0.606. The van der Waals surface area contributed by atoms with Gasteiger partial charge in [-0.1, -0.05) is 48.9 Å². The van der Waals surface area contributed by atoms with Crippen LogP contribution >= 0.6 is 0 Å². The van der Waals surface area contributed by atoms with Crippen molar-refractivity contribution in [2.45, 2.75) is 33.1 Å². The smallest absolute Gasteiger partial charge is 0.0242 e. The second kappa shape index (κ2) is 5.58. The van der Waals surface area contributed by atoms with Crippen molar-refractivity contribution in [3.05, 3.63) is 47.5 Å². The van der Waals surface area contributed by atoms with E-state index >= 15 is 0 Å². The standard InChI is InChI=1S/C13H18/c1-3-7-12(2)10-11-13-8-5-4-6-9-13/h4-9H,3,10-11H2,1-2H3/b12-7+. The third-order valence-corrected chi connectivity index (χ3v) is 2.20. The molecule has 0 unspecified atom stereocenters. The molecule has 0 spiro atoms.